The van der Waals surface area contributed by atoms with E-state index in [0.717, 1.165) is 17.0 Å². The smallest absolute Gasteiger partial charge is 0.160 e. The molecule has 0 radical (unpaired) electrons. The summed E-state index contributed by atoms with van der Waals surface area (Å²) in [5, 5.41) is 13.0. The first kappa shape index (κ1) is 13.1. The molecular formula is C15H17NO3. The van der Waals surface area contributed by atoms with Crippen LogP contribution in [0.3, 0.4) is 0 Å². The molecule has 0 spiro atoms. The summed E-state index contributed by atoms with van der Waals surface area (Å²) < 4.78 is 10.3. The normalized spacial score (nSPS) is 10.0. The zero-order valence-corrected chi connectivity index (χ0v) is 11.0. The minimum absolute atomic E-state index is 0.141. The van der Waals surface area contributed by atoms with Crippen molar-refractivity contribution in [2.75, 3.05) is 19.5 Å². The van der Waals surface area contributed by atoms with Crippen LogP contribution in [0.2, 0.25) is 0 Å². The molecule has 4 nitrogen and oxygen atoms in total. The number of methoxy groups -OCH3 is 2. The van der Waals surface area contributed by atoms with Crippen molar-refractivity contribution in [2.24, 2.45) is 0 Å². The Morgan fingerprint density at radius 2 is 1.74 bits per heavy atom. The Balaban J connectivity index is 2.08. The Hall–Kier alpha value is -2.36. The van der Waals surface area contributed by atoms with E-state index >= 15 is 0 Å². The van der Waals surface area contributed by atoms with E-state index in [0.29, 0.717) is 12.3 Å². The second-order valence-corrected chi connectivity index (χ2v) is 4.06. The molecule has 19 heavy (non-hydrogen) atoms. The summed E-state index contributed by atoms with van der Waals surface area (Å²) in [5.41, 5.74) is 1.88. The van der Waals surface area contributed by atoms with Crippen molar-refractivity contribution in [1.82, 2.24) is 0 Å². The lowest BCUT2D eigenvalue weighted by molar-refractivity contribution is 0.373. The van der Waals surface area contributed by atoms with Crippen molar-refractivity contribution < 1.29 is 14.6 Å². The van der Waals surface area contributed by atoms with Gasteiger partial charge in [0.15, 0.2) is 11.5 Å². The van der Waals surface area contributed by atoms with Crippen LogP contribution in [-0.2, 0) is 6.54 Å². The van der Waals surface area contributed by atoms with Gasteiger partial charge < -0.3 is 19.9 Å². The monoisotopic (exact) mass is 259 g/mol. The maximum absolute atomic E-state index is 9.71. The van der Waals surface area contributed by atoms with E-state index in [1.807, 2.05) is 30.3 Å². The highest BCUT2D eigenvalue weighted by Gasteiger charge is 2.04. The maximum atomic E-state index is 9.71. The number of anilines is 1. The summed E-state index contributed by atoms with van der Waals surface area (Å²) in [6.07, 6.45) is 0. The molecule has 0 bridgehead atoms. The molecule has 0 saturated carbocycles. The third-order valence-corrected chi connectivity index (χ3v) is 2.83. The predicted octanol–water partition coefficient (Wildman–Crippen LogP) is 3.02. The number of hydrogen-bond acceptors (Lipinski definition) is 4. The molecule has 0 amide bonds. The molecule has 0 aromatic heterocycles. The molecule has 2 rings (SSSR count). The molecule has 0 aliphatic rings. The van der Waals surface area contributed by atoms with Gasteiger partial charge in [-0.3, -0.25) is 0 Å². The molecule has 0 aliphatic heterocycles. The Labute approximate surface area is 112 Å². The number of phenols is 1. The highest BCUT2D eigenvalue weighted by atomic mass is 16.5. The van der Waals surface area contributed by atoms with Crippen molar-refractivity contribution >= 4 is 5.69 Å². The lowest BCUT2D eigenvalue weighted by Gasteiger charge is -2.11. The third kappa shape index (κ3) is 3.10. The van der Waals surface area contributed by atoms with E-state index in [2.05, 4.69) is 5.32 Å². The number of nitrogens with one attached hydrogen (secondary N) is 1. The van der Waals surface area contributed by atoms with Gasteiger partial charge >= 0.3 is 0 Å². The Kier molecular flexibility index (Phi) is 4.13. The summed E-state index contributed by atoms with van der Waals surface area (Å²) in [6, 6.07) is 13.0. The quantitative estimate of drug-likeness (QED) is 0.866. The largest absolute Gasteiger partial charge is 0.504 e. The third-order valence-electron chi connectivity index (χ3n) is 2.83. The number of aromatic hydroxyl groups is 1. The second-order valence-electron chi connectivity index (χ2n) is 4.06. The number of benzene rings is 2. The fourth-order valence-corrected chi connectivity index (χ4v) is 1.83. The van der Waals surface area contributed by atoms with Crippen molar-refractivity contribution in [3.8, 4) is 17.2 Å². The Bertz CT molecular complexity index is 555. The molecule has 0 atom stereocenters. The molecule has 2 aromatic rings. The molecule has 100 valence electrons. The minimum atomic E-state index is 0.141. The molecule has 0 unspecified atom stereocenters. The SMILES string of the molecule is COc1ccc(CNc2ccccc2OC)cc1O. The molecular weight excluding hydrogens is 242 g/mol. The van der Waals surface area contributed by atoms with Crippen LogP contribution in [0, 0.1) is 0 Å². The number of hydrogen-bond donors (Lipinski definition) is 2. The maximum Gasteiger partial charge on any atom is 0.160 e. The predicted molar refractivity (Wildman–Crippen MR) is 75.0 cm³/mol. The Morgan fingerprint density at radius 3 is 2.42 bits per heavy atom. The van der Waals surface area contributed by atoms with E-state index in [4.69, 9.17) is 9.47 Å². The Morgan fingerprint density at radius 1 is 1.00 bits per heavy atom. The van der Waals surface area contributed by atoms with Gasteiger partial charge in [0.2, 0.25) is 0 Å². The zero-order chi connectivity index (χ0) is 13.7. The highest BCUT2D eigenvalue weighted by Crippen LogP contribution is 2.28. The first-order valence-corrected chi connectivity index (χ1v) is 5.97. The lowest BCUT2D eigenvalue weighted by atomic mass is 10.2. The number of phenolic OH excluding ortho intramolecular Hbond substituents is 1. The molecule has 0 heterocycles. The van der Waals surface area contributed by atoms with E-state index < -0.39 is 0 Å². The summed E-state index contributed by atoms with van der Waals surface area (Å²) in [4.78, 5) is 0. The van der Waals surface area contributed by atoms with Crippen LogP contribution in [0.25, 0.3) is 0 Å². The van der Waals surface area contributed by atoms with Gasteiger partial charge in [0.1, 0.15) is 5.75 Å². The average Bonchev–Trinajstić information content (AvgIpc) is 2.45. The van der Waals surface area contributed by atoms with Gasteiger partial charge in [0, 0.05) is 6.54 Å². The second kappa shape index (κ2) is 6.00. The van der Waals surface area contributed by atoms with Gasteiger partial charge in [-0.15, -0.1) is 0 Å². The van der Waals surface area contributed by atoms with Crippen LogP contribution in [0.5, 0.6) is 17.2 Å². The van der Waals surface area contributed by atoms with Crippen LogP contribution in [0.1, 0.15) is 5.56 Å². The summed E-state index contributed by atoms with van der Waals surface area (Å²) in [6.45, 7) is 0.595. The number of rotatable bonds is 5. The van der Waals surface area contributed by atoms with Crippen LogP contribution < -0.4 is 14.8 Å². The van der Waals surface area contributed by atoms with E-state index in [1.165, 1.54) is 7.11 Å². The number of ether oxygens (including phenoxy) is 2. The summed E-state index contributed by atoms with van der Waals surface area (Å²) in [5.74, 6) is 1.41. The standard InChI is InChI=1S/C15H17NO3/c1-18-14-6-4-3-5-12(14)16-10-11-7-8-15(19-2)13(17)9-11/h3-9,16-17H,10H2,1-2H3. The van der Waals surface area contributed by atoms with Crippen molar-refractivity contribution in [1.29, 1.82) is 0 Å². The summed E-state index contributed by atoms with van der Waals surface area (Å²) >= 11 is 0. The summed E-state index contributed by atoms with van der Waals surface area (Å²) in [7, 11) is 3.17. The van der Waals surface area contributed by atoms with Gasteiger partial charge in [0.25, 0.3) is 0 Å². The van der Waals surface area contributed by atoms with Gasteiger partial charge in [-0.25, -0.2) is 0 Å². The molecule has 4 heteroatoms. The van der Waals surface area contributed by atoms with Gasteiger partial charge in [-0.1, -0.05) is 18.2 Å². The molecule has 0 saturated heterocycles. The van der Waals surface area contributed by atoms with Gasteiger partial charge in [-0.2, -0.15) is 0 Å². The van der Waals surface area contributed by atoms with Crippen molar-refractivity contribution in [3.05, 3.63) is 48.0 Å². The zero-order valence-electron chi connectivity index (χ0n) is 11.0. The highest BCUT2D eigenvalue weighted by molar-refractivity contribution is 5.56. The van der Waals surface area contributed by atoms with Crippen molar-refractivity contribution in [2.45, 2.75) is 6.54 Å². The molecule has 0 aliphatic carbocycles. The lowest BCUT2D eigenvalue weighted by Crippen LogP contribution is -2.01. The van der Waals surface area contributed by atoms with Crippen LogP contribution >= 0.6 is 0 Å². The van der Waals surface area contributed by atoms with Crippen LogP contribution in [-0.4, -0.2) is 19.3 Å². The minimum Gasteiger partial charge on any atom is -0.504 e. The topological polar surface area (TPSA) is 50.7 Å². The van der Waals surface area contributed by atoms with Crippen molar-refractivity contribution in [3.63, 3.8) is 0 Å². The number of para-hydroxylation sites is 2. The molecule has 0 fully saturated rings. The van der Waals surface area contributed by atoms with Crippen LogP contribution in [0.15, 0.2) is 42.5 Å². The van der Waals surface area contributed by atoms with E-state index in [-0.39, 0.29) is 5.75 Å². The van der Waals surface area contributed by atoms with Gasteiger partial charge in [-0.05, 0) is 29.8 Å². The first-order chi connectivity index (χ1) is 9.24. The van der Waals surface area contributed by atoms with Crippen LogP contribution in [0.4, 0.5) is 5.69 Å². The fourth-order valence-electron chi connectivity index (χ4n) is 1.83. The fraction of sp³-hybridized carbons (Fsp3) is 0.200. The van der Waals surface area contributed by atoms with Gasteiger partial charge in [0.05, 0.1) is 19.9 Å². The van der Waals surface area contributed by atoms with E-state index in [1.54, 1.807) is 19.2 Å². The average molecular weight is 259 g/mol. The first-order valence-electron chi connectivity index (χ1n) is 5.97. The molecule has 2 N–H and O–H groups in total. The van der Waals surface area contributed by atoms with E-state index in [9.17, 15) is 5.11 Å². The molecule has 2 aromatic carbocycles.